The third kappa shape index (κ3) is 2.94. The third-order valence-corrected chi connectivity index (χ3v) is 5.91. The molecule has 1 fully saturated rings. The standard InChI is InChI=1S/C21H26N2O3/c1-26-13-12-23-19-9-5-3-7-16(19)17(21(23)25)14-20(24)22-11-10-15-6-2-4-8-18(15)22/h2,4,6,8,19H,3,5,7,9-14H2,1H3. The van der Waals surface area contributed by atoms with Gasteiger partial charge in [-0.25, -0.2) is 0 Å². The summed E-state index contributed by atoms with van der Waals surface area (Å²) in [7, 11) is 1.66. The summed E-state index contributed by atoms with van der Waals surface area (Å²) in [5, 5.41) is 0. The summed E-state index contributed by atoms with van der Waals surface area (Å²) in [6, 6.07) is 8.24. The van der Waals surface area contributed by atoms with E-state index < -0.39 is 0 Å². The predicted molar refractivity (Wildman–Crippen MR) is 100.0 cm³/mol. The SMILES string of the molecule is COCCN1C(=O)C(CC(=O)N2CCc3ccccc32)=C2CCCCC21. The Morgan fingerprint density at radius 1 is 1.23 bits per heavy atom. The van der Waals surface area contributed by atoms with Crippen LogP contribution in [0.1, 0.15) is 37.7 Å². The van der Waals surface area contributed by atoms with Crippen LogP contribution in [0.3, 0.4) is 0 Å². The van der Waals surface area contributed by atoms with Crippen LogP contribution >= 0.6 is 0 Å². The summed E-state index contributed by atoms with van der Waals surface area (Å²) < 4.78 is 5.18. The van der Waals surface area contributed by atoms with Crippen LogP contribution in [0.5, 0.6) is 0 Å². The van der Waals surface area contributed by atoms with Crippen molar-refractivity contribution >= 4 is 17.5 Å². The van der Waals surface area contributed by atoms with Gasteiger partial charge in [-0.2, -0.15) is 0 Å². The molecule has 2 aliphatic heterocycles. The zero-order chi connectivity index (χ0) is 18.1. The van der Waals surface area contributed by atoms with Gasteiger partial charge in [0.15, 0.2) is 0 Å². The average Bonchev–Trinajstić information content (AvgIpc) is 3.20. The first-order valence-corrected chi connectivity index (χ1v) is 9.61. The Morgan fingerprint density at radius 2 is 2.08 bits per heavy atom. The Morgan fingerprint density at radius 3 is 2.92 bits per heavy atom. The average molecular weight is 354 g/mol. The number of anilines is 1. The van der Waals surface area contributed by atoms with E-state index in [4.69, 9.17) is 4.74 Å². The summed E-state index contributed by atoms with van der Waals surface area (Å²) in [6.45, 7) is 1.86. The van der Waals surface area contributed by atoms with Gasteiger partial charge in [-0.3, -0.25) is 9.59 Å². The first-order chi connectivity index (χ1) is 12.7. The Kier molecular flexibility index (Phi) is 4.81. The zero-order valence-corrected chi connectivity index (χ0v) is 15.4. The molecule has 1 saturated carbocycles. The fourth-order valence-corrected chi connectivity index (χ4v) is 4.62. The lowest BCUT2D eigenvalue weighted by molar-refractivity contribution is -0.129. The van der Waals surface area contributed by atoms with Crippen LogP contribution in [0.4, 0.5) is 5.69 Å². The van der Waals surface area contributed by atoms with Gasteiger partial charge in [0.1, 0.15) is 0 Å². The quantitative estimate of drug-likeness (QED) is 0.817. The smallest absolute Gasteiger partial charge is 0.250 e. The Bertz CT molecular complexity index is 755. The van der Waals surface area contributed by atoms with E-state index in [9.17, 15) is 9.59 Å². The van der Waals surface area contributed by atoms with E-state index in [0.717, 1.165) is 43.4 Å². The van der Waals surface area contributed by atoms with Crippen LogP contribution in [0.2, 0.25) is 0 Å². The summed E-state index contributed by atoms with van der Waals surface area (Å²) >= 11 is 0. The van der Waals surface area contributed by atoms with Crippen molar-refractivity contribution in [3.05, 3.63) is 41.0 Å². The summed E-state index contributed by atoms with van der Waals surface area (Å²) in [4.78, 5) is 29.8. The molecule has 3 aliphatic rings. The Hall–Kier alpha value is -2.14. The second kappa shape index (κ2) is 7.23. The van der Waals surface area contributed by atoms with Gasteiger partial charge in [-0.05, 0) is 42.9 Å². The van der Waals surface area contributed by atoms with Gasteiger partial charge in [0.2, 0.25) is 5.91 Å². The van der Waals surface area contributed by atoms with E-state index in [1.54, 1.807) is 7.11 Å². The number of benzene rings is 1. The lowest BCUT2D eigenvalue weighted by Gasteiger charge is -2.29. The molecule has 0 spiro atoms. The second-order valence-electron chi connectivity index (χ2n) is 7.36. The topological polar surface area (TPSA) is 49.9 Å². The highest BCUT2D eigenvalue weighted by Gasteiger charge is 2.40. The van der Waals surface area contributed by atoms with Crippen molar-refractivity contribution < 1.29 is 14.3 Å². The fourth-order valence-electron chi connectivity index (χ4n) is 4.62. The van der Waals surface area contributed by atoms with Crippen LogP contribution < -0.4 is 4.90 Å². The molecule has 2 amide bonds. The van der Waals surface area contributed by atoms with Crippen LogP contribution in [0.15, 0.2) is 35.4 Å². The van der Waals surface area contributed by atoms with Crippen molar-refractivity contribution in [2.24, 2.45) is 0 Å². The summed E-state index contributed by atoms with van der Waals surface area (Å²) in [5.41, 5.74) is 4.18. The molecule has 1 unspecified atom stereocenters. The molecule has 0 saturated heterocycles. The largest absolute Gasteiger partial charge is 0.383 e. The first kappa shape index (κ1) is 17.3. The molecule has 1 aromatic carbocycles. The van der Waals surface area contributed by atoms with Crippen molar-refractivity contribution in [2.75, 3.05) is 31.7 Å². The van der Waals surface area contributed by atoms with Crippen molar-refractivity contribution in [3.8, 4) is 0 Å². The normalized spacial score (nSPS) is 22.0. The number of amides is 2. The molecule has 5 heteroatoms. The van der Waals surface area contributed by atoms with E-state index in [2.05, 4.69) is 6.07 Å². The molecular formula is C21H26N2O3. The lowest BCUT2D eigenvalue weighted by Crippen LogP contribution is -2.39. The monoisotopic (exact) mass is 354 g/mol. The van der Waals surface area contributed by atoms with Gasteiger partial charge < -0.3 is 14.5 Å². The van der Waals surface area contributed by atoms with Gasteiger partial charge in [0.25, 0.3) is 5.91 Å². The molecule has 0 radical (unpaired) electrons. The molecule has 1 aliphatic carbocycles. The summed E-state index contributed by atoms with van der Waals surface area (Å²) in [5.74, 6) is 0.0912. The lowest BCUT2D eigenvalue weighted by atomic mass is 9.88. The van der Waals surface area contributed by atoms with Gasteiger partial charge in [-0.1, -0.05) is 24.6 Å². The molecule has 2 heterocycles. The van der Waals surface area contributed by atoms with Gasteiger partial charge >= 0.3 is 0 Å². The Balaban J connectivity index is 1.55. The number of rotatable bonds is 5. The molecule has 1 atom stereocenters. The minimum absolute atomic E-state index is 0.0451. The first-order valence-electron chi connectivity index (χ1n) is 9.61. The third-order valence-electron chi connectivity index (χ3n) is 5.91. The van der Waals surface area contributed by atoms with Crippen molar-refractivity contribution in [1.82, 2.24) is 4.90 Å². The molecule has 4 rings (SSSR count). The molecule has 26 heavy (non-hydrogen) atoms. The maximum absolute atomic E-state index is 13.0. The highest BCUT2D eigenvalue weighted by atomic mass is 16.5. The van der Waals surface area contributed by atoms with E-state index in [1.807, 2.05) is 28.0 Å². The number of nitrogens with zero attached hydrogens (tertiary/aromatic N) is 2. The maximum atomic E-state index is 13.0. The summed E-state index contributed by atoms with van der Waals surface area (Å²) in [6.07, 6.45) is 5.33. The van der Waals surface area contributed by atoms with Crippen LogP contribution in [-0.2, 0) is 20.7 Å². The number of methoxy groups -OCH3 is 1. The molecule has 1 aromatic rings. The zero-order valence-electron chi connectivity index (χ0n) is 15.4. The number of hydrogen-bond donors (Lipinski definition) is 0. The van der Waals surface area contributed by atoms with E-state index >= 15 is 0 Å². The second-order valence-corrected chi connectivity index (χ2v) is 7.36. The number of para-hydroxylation sites is 1. The molecule has 0 aromatic heterocycles. The number of hydrogen-bond acceptors (Lipinski definition) is 3. The molecule has 0 N–H and O–H groups in total. The Labute approximate surface area is 154 Å². The molecule has 138 valence electrons. The van der Waals surface area contributed by atoms with Gasteiger partial charge in [0, 0.05) is 31.5 Å². The van der Waals surface area contributed by atoms with Crippen LogP contribution in [0.25, 0.3) is 0 Å². The van der Waals surface area contributed by atoms with Gasteiger partial charge in [-0.15, -0.1) is 0 Å². The van der Waals surface area contributed by atoms with Crippen molar-refractivity contribution in [2.45, 2.75) is 44.6 Å². The maximum Gasteiger partial charge on any atom is 0.250 e. The number of fused-ring (bicyclic) bond motifs is 2. The predicted octanol–water partition coefficient (Wildman–Crippen LogP) is 2.69. The van der Waals surface area contributed by atoms with E-state index in [0.29, 0.717) is 19.7 Å². The van der Waals surface area contributed by atoms with Crippen LogP contribution in [0, 0.1) is 0 Å². The molecule has 0 bridgehead atoms. The van der Waals surface area contributed by atoms with Gasteiger partial charge in [0.05, 0.1) is 19.1 Å². The highest BCUT2D eigenvalue weighted by Crippen LogP contribution is 2.38. The minimum atomic E-state index is 0.0451. The van der Waals surface area contributed by atoms with E-state index in [-0.39, 0.29) is 24.3 Å². The number of carbonyl (C=O) groups is 2. The van der Waals surface area contributed by atoms with Crippen LogP contribution in [-0.4, -0.2) is 49.6 Å². The van der Waals surface area contributed by atoms with E-state index in [1.165, 1.54) is 11.1 Å². The molecule has 5 nitrogen and oxygen atoms in total. The minimum Gasteiger partial charge on any atom is -0.383 e. The fraction of sp³-hybridized carbons (Fsp3) is 0.524. The number of ether oxygens (including phenoxy) is 1. The molecular weight excluding hydrogens is 328 g/mol. The van der Waals surface area contributed by atoms with Crippen molar-refractivity contribution in [1.29, 1.82) is 0 Å². The van der Waals surface area contributed by atoms with Crippen molar-refractivity contribution in [3.63, 3.8) is 0 Å². The number of carbonyl (C=O) groups excluding carboxylic acids is 2. The highest BCUT2D eigenvalue weighted by molar-refractivity contribution is 6.06.